The Labute approximate surface area is 77.3 Å². The second kappa shape index (κ2) is 3.77. The van der Waals surface area contributed by atoms with Crippen molar-refractivity contribution in [1.82, 2.24) is 0 Å². The highest BCUT2D eigenvalue weighted by molar-refractivity contribution is 5.94. The summed E-state index contributed by atoms with van der Waals surface area (Å²) in [6, 6.07) is 1.50. The van der Waals surface area contributed by atoms with E-state index in [9.17, 15) is 22.4 Å². The van der Waals surface area contributed by atoms with Crippen LogP contribution in [0.15, 0.2) is 12.1 Å². The third-order valence-corrected chi connectivity index (χ3v) is 1.72. The summed E-state index contributed by atoms with van der Waals surface area (Å²) in [5, 5.41) is 0. The highest BCUT2D eigenvalue weighted by Crippen LogP contribution is 2.27. The molecule has 0 N–H and O–H groups in total. The van der Waals surface area contributed by atoms with Crippen molar-refractivity contribution in [3.8, 4) is 0 Å². The van der Waals surface area contributed by atoms with Crippen molar-refractivity contribution in [2.45, 2.75) is 13.3 Å². The molecule has 0 aromatic heterocycles. The molecule has 0 aliphatic heterocycles. The first-order valence-corrected chi connectivity index (χ1v) is 3.72. The second-order valence-corrected chi connectivity index (χ2v) is 2.68. The summed E-state index contributed by atoms with van der Waals surface area (Å²) in [6.45, 7) is 1.02. The van der Waals surface area contributed by atoms with Crippen LogP contribution in [0.4, 0.5) is 17.6 Å². The van der Waals surface area contributed by atoms with Crippen molar-refractivity contribution in [2.24, 2.45) is 0 Å². The SMILES string of the molecule is CC(=O)c1ccc(F)c(C(F)F)c1F. The predicted molar refractivity (Wildman–Crippen MR) is 41.3 cm³/mol. The fourth-order valence-corrected chi connectivity index (χ4v) is 1.04. The Bertz CT molecular complexity index is 373. The quantitative estimate of drug-likeness (QED) is 0.536. The van der Waals surface area contributed by atoms with Gasteiger partial charge in [0.05, 0.1) is 11.1 Å². The molecule has 1 aromatic rings. The molecular weight excluding hydrogens is 200 g/mol. The summed E-state index contributed by atoms with van der Waals surface area (Å²) in [5.74, 6) is -3.54. The zero-order valence-corrected chi connectivity index (χ0v) is 7.15. The highest BCUT2D eigenvalue weighted by Gasteiger charge is 2.22. The van der Waals surface area contributed by atoms with Crippen LogP contribution >= 0.6 is 0 Å². The molecule has 0 amide bonds. The van der Waals surface area contributed by atoms with Gasteiger partial charge in [-0.25, -0.2) is 17.6 Å². The number of hydrogen-bond donors (Lipinski definition) is 0. The average molecular weight is 206 g/mol. The molecule has 1 nitrogen and oxygen atoms in total. The molecule has 1 rings (SSSR count). The van der Waals surface area contributed by atoms with Gasteiger partial charge in [-0.15, -0.1) is 0 Å². The van der Waals surface area contributed by atoms with Crippen LogP contribution in [0.25, 0.3) is 0 Å². The molecule has 0 heterocycles. The zero-order valence-electron chi connectivity index (χ0n) is 7.15. The average Bonchev–Trinajstić information content (AvgIpc) is 2.02. The monoisotopic (exact) mass is 206 g/mol. The van der Waals surface area contributed by atoms with Crippen LogP contribution < -0.4 is 0 Å². The normalized spacial score (nSPS) is 10.7. The fourth-order valence-electron chi connectivity index (χ4n) is 1.04. The summed E-state index contributed by atoms with van der Waals surface area (Å²) in [4.78, 5) is 10.7. The molecule has 14 heavy (non-hydrogen) atoms. The molecule has 1 aromatic carbocycles. The molecule has 0 bridgehead atoms. The predicted octanol–water partition coefficient (Wildman–Crippen LogP) is 3.11. The van der Waals surface area contributed by atoms with E-state index in [-0.39, 0.29) is 0 Å². The first-order valence-electron chi connectivity index (χ1n) is 3.72. The van der Waals surface area contributed by atoms with E-state index >= 15 is 0 Å². The van der Waals surface area contributed by atoms with Crippen LogP contribution in [0.1, 0.15) is 29.3 Å². The van der Waals surface area contributed by atoms with Crippen LogP contribution in [-0.2, 0) is 0 Å². The maximum atomic E-state index is 13.1. The molecule has 0 aliphatic rings. The number of ketones is 1. The highest BCUT2D eigenvalue weighted by atomic mass is 19.3. The molecule has 0 saturated carbocycles. The topological polar surface area (TPSA) is 17.1 Å². The van der Waals surface area contributed by atoms with E-state index in [1.54, 1.807) is 0 Å². The third kappa shape index (κ3) is 1.76. The summed E-state index contributed by atoms with van der Waals surface area (Å²) in [6.07, 6.45) is -3.27. The maximum Gasteiger partial charge on any atom is 0.269 e. The summed E-state index contributed by atoms with van der Waals surface area (Å²) in [5.41, 5.74) is -1.88. The molecule has 0 radical (unpaired) electrons. The van der Waals surface area contributed by atoms with Gasteiger partial charge in [0.2, 0.25) is 0 Å². The number of carbonyl (C=O) groups is 1. The van der Waals surface area contributed by atoms with Gasteiger partial charge in [0.1, 0.15) is 11.6 Å². The lowest BCUT2D eigenvalue weighted by molar-refractivity contribution is 0.101. The summed E-state index contributed by atoms with van der Waals surface area (Å²) >= 11 is 0. The molecule has 5 heteroatoms. The standard InChI is InChI=1S/C9H6F4O/c1-4(14)5-2-3-6(10)7(8(5)11)9(12)13/h2-3,9H,1H3. The van der Waals surface area contributed by atoms with Crippen molar-refractivity contribution in [1.29, 1.82) is 0 Å². The van der Waals surface area contributed by atoms with Gasteiger partial charge in [-0.05, 0) is 19.1 Å². The lowest BCUT2D eigenvalue weighted by Crippen LogP contribution is -2.04. The van der Waals surface area contributed by atoms with Crippen LogP contribution in [-0.4, -0.2) is 5.78 Å². The van der Waals surface area contributed by atoms with Crippen molar-refractivity contribution in [3.63, 3.8) is 0 Å². The van der Waals surface area contributed by atoms with E-state index < -0.39 is 35.0 Å². The summed E-state index contributed by atoms with van der Waals surface area (Å²) < 4.78 is 50.1. The van der Waals surface area contributed by atoms with Gasteiger partial charge in [0, 0.05) is 0 Å². The Morgan fingerprint density at radius 3 is 2.29 bits per heavy atom. The smallest absolute Gasteiger partial charge is 0.269 e. The van der Waals surface area contributed by atoms with Gasteiger partial charge in [-0.3, -0.25) is 4.79 Å². The minimum absolute atomic E-state index is 0.526. The zero-order chi connectivity index (χ0) is 10.9. The number of rotatable bonds is 2. The van der Waals surface area contributed by atoms with Gasteiger partial charge < -0.3 is 0 Å². The number of carbonyl (C=O) groups excluding carboxylic acids is 1. The Morgan fingerprint density at radius 1 is 1.29 bits per heavy atom. The minimum Gasteiger partial charge on any atom is -0.294 e. The number of hydrogen-bond acceptors (Lipinski definition) is 1. The van der Waals surface area contributed by atoms with Crippen LogP contribution in [0.5, 0.6) is 0 Å². The van der Waals surface area contributed by atoms with Gasteiger partial charge in [-0.1, -0.05) is 0 Å². The molecule has 0 aliphatic carbocycles. The Kier molecular flexibility index (Phi) is 2.88. The van der Waals surface area contributed by atoms with E-state index in [4.69, 9.17) is 0 Å². The van der Waals surface area contributed by atoms with Crippen molar-refractivity contribution in [2.75, 3.05) is 0 Å². The molecule has 0 atom stereocenters. The molecule has 0 spiro atoms. The molecule has 0 fully saturated rings. The molecular formula is C9H6F4O. The first-order chi connectivity index (χ1) is 6.45. The van der Waals surface area contributed by atoms with E-state index in [0.29, 0.717) is 6.07 Å². The largest absolute Gasteiger partial charge is 0.294 e. The van der Waals surface area contributed by atoms with Crippen LogP contribution in [0.2, 0.25) is 0 Å². The van der Waals surface area contributed by atoms with E-state index in [2.05, 4.69) is 0 Å². The fraction of sp³-hybridized carbons (Fsp3) is 0.222. The van der Waals surface area contributed by atoms with Gasteiger partial charge in [0.15, 0.2) is 5.78 Å². The molecule has 0 saturated heterocycles. The van der Waals surface area contributed by atoms with Crippen molar-refractivity contribution in [3.05, 3.63) is 34.9 Å². The van der Waals surface area contributed by atoms with Gasteiger partial charge >= 0.3 is 0 Å². The van der Waals surface area contributed by atoms with E-state index in [0.717, 1.165) is 13.0 Å². The van der Waals surface area contributed by atoms with Crippen molar-refractivity contribution < 1.29 is 22.4 Å². The lowest BCUT2D eigenvalue weighted by Gasteiger charge is -2.06. The minimum atomic E-state index is -3.27. The van der Waals surface area contributed by atoms with Gasteiger partial charge in [0.25, 0.3) is 6.43 Å². The van der Waals surface area contributed by atoms with Crippen LogP contribution in [0, 0.1) is 11.6 Å². The summed E-state index contributed by atoms with van der Waals surface area (Å²) in [7, 11) is 0. The van der Waals surface area contributed by atoms with Crippen LogP contribution in [0.3, 0.4) is 0 Å². The Balaban J connectivity index is 3.41. The number of Topliss-reactive ketones (excluding diaryl/α,β-unsaturated/α-hetero) is 1. The Morgan fingerprint density at radius 2 is 1.86 bits per heavy atom. The van der Waals surface area contributed by atoms with Gasteiger partial charge in [-0.2, -0.15) is 0 Å². The third-order valence-electron chi connectivity index (χ3n) is 1.72. The van der Waals surface area contributed by atoms with E-state index in [1.807, 2.05) is 0 Å². The second-order valence-electron chi connectivity index (χ2n) is 2.68. The first kappa shape index (κ1) is 10.7. The maximum absolute atomic E-state index is 13.1. The number of halogens is 4. The number of benzene rings is 1. The lowest BCUT2D eigenvalue weighted by atomic mass is 10.1. The number of alkyl halides is 2. The Hall–Kier alpha value is -1.39. The van der Waals surface area contributed by atoms with Crippen molar-refractivity contribution >= 4 is 5.78 Å². The molecule has 76 valence electrons. The molecule has 0 unspecified atom stereocenters. The van der Waals surface area contributed by atoms with E-state index in [1.165, 1.54) is 0 Å².